The minimum atomic E-state index is -5.02. The normalized spacial score (nSPS) is 12.0. The number of alkyl halides is 3. The molecule has 0 aliphatic carbocycles. The number of nitrogens with zero attached hydrogens (tertiary/aromatic N) is 2. The lowest BCUT2D eigenvalue weighted by Gasteiger charge is -2.09. The first-order valence-electron chi connectivity index (χ1n) is 6.09. The summed E-state index contributed by atoms with van der Waals surface area (Å²) >= 11 is 0. The number of benzene rings is 1. The van der Waals surface area contributed by atoms with Crippen LogP contribution in [0.15, 0.2) is 41.4 Å². The van der Waals surface area contributed by atoms with Gasteiger partial charge >= 0.3 is 12.1 Å². The van der Waals surface area contributed by atoms with Crippen molar-refractivity contribution in [2.75, 3.05) is 10.0 Å². The fourth-order valence-electron chi connectivity index (χ4n) is 1.59. The molecule has 0 radical (unpaired) electrons. The van der Waals surface area contributed by atoms with E-state index >= 15 is 0 Å². The highest BCUT2D eigenvalue weighted by Gasteiger charge is 2.38. The maximum absolute atomic E-state index is 12.1. The molecule has 0 atom stereocenters. The Labute approximate surface area is 129 Å². The van der Waals surface area contributed by atoms with Crippen LogP contribution in [-0.2, 0) is 21.9 Å². The lowest BCUT2D eigenvalue weighted by atomic mass is 10.3. The first-order valence-corrected chi connectivity index (χ1v) is 7.57. The van der Waals surface area contributed by atoms with Crippen molar-refractivity contribution in [3.05, 3.63) is 36.5 Å². The largest absolute Gasteiger partial charge is 0.471 e. The van der Waals surface area contributed by atoms with Crippen molar-refractivity contribution >= 4 is 27.4 Å². The average molecular weight is 348 g/mol. The van der Waals surface area contributed by atoms with E-state index < -0.39 is 22.1 Å². The van der Waals surface area contributed by atoms with Crippen LogP contribution in [0.1, 0.15) is 0 Å². The minimum Gasteiger partial charge on any atom is -0.318 e. The summed E-state index contributed by atoms with van der Waals surface area (Å²) in [6.45, 7) is 0. The topological polar surface area (TPSA) is 93.1 Å². The van der Waals surface area contributed by atoms with Crippen molar-refractivity contribution in [3.63, 3.8) is 0 Å². The van der Waals surface area contributed by atoms with Gasteiger partial charge in [0.15, 0.2) is 5.82 Å². The Bertz CT molecular complexity index is 813. The molecule has 0 bridgehead atoms. The van der Waals surface area contributed by atoms with Crippen LogP contribution in [0, 0.1) is 0 Å². The number of amides is 1. The van der Waals surface area contributed by atoms with Gasteiger partial charge in [-0.25, -0.2) is 8.42 Å². The SMILES string of the molecule is Cn1ccc(NS(=O)(=O)c2ccc(NC(=O)C(F)(F)F)cc2)n1. The standard InChI is InChI=1S/C12H11F3N4O3S/c1-19-7-6-10(17-19)18-23(21,22)9-4-2-8(3-5-9)16-11(20)12(13,14)15/h2-7H,1H3,(H,16,20)(H,17,18). The Hall–Kier alpha value is -2.56. The second-order valence-corrected chi connectivity index (χ2v) is 6.14. The monoisotopic (exact) mass is 348 g/mol. The molecular formula is C12H11F3N4O3S. The number of aromatic nitrogens is 2. The third-order valence-electron chi connectivity index (χ3n) is 2.63. The van der Waals surface area contributed by atoms with Crippen LogP contribution in [0.5, 0.6) is 0 Å². The number of aryl methyl sites for hydroxylation is 1. The van der Waals surface area contributed by atoms with E-state index in [1.54, 1.807) is 12.4 Å². The molecule has 0 aliphatic heterocycles. The Morgan fingerprint density at radius 2 is 1.78 bits per heavy atom. The lowest BCUT2D eigenvalue weighted by molar-refractivity contribution is -0.167. The number of anilines is 2. The number of carbonyl (C=O) groups is 1. The summed E-state index contributed by atoms with van der Waals surface area (Å²) in [4.78, 5) is 10.6. The second-order valence-electron chi connectivity index (χ2n) is 4.46. The van der Waals surface area contributed by atoms with Crippen molar-refractivity contribution in [1.82, 2.24) is 9.78 Å². The molecule has 0 saturated heterocycles. The van der Waals surface area contributed by atoms with E-state index in [4.69, 9.17) is 0 Å². The van der Waals surface area contributed by atoms with E-state index in [9.17, 15) is 26.4 Å². The van der Waals surface area contributed by atoms with Crippen LogP contribution in [0.3, 0.4) is 0 Å². The summed E-state index contributed by atoms with van der Waals surface area (Å²) in [7, 11) is -2.33. The van der Waals surface area contributed by atoms with Gasteiger partial charge in [0.25, 0.3) is 10.0 Å². The molecule has 23 heavy (non-hydrogen) atoms. The van der Waals surface area contributed by atoms with E-state index in [0.29, 0.717) is 0 Å². The van der Waals surface area contributed by atoms with Gasteiger partial charge in [-0.15, -0.1) is 0 Å². The van der Waals surface area contributed by atoms with Crippen molar-refractivity contribution in [2.24, 2.45) is 7.05 Å². The number of hydrogen-bond acceptors (Lipinski definition) is 4. The van der Waals surface area contributed by atoms with Crippen molar-refractivity contribution in [2.45, 2.75) is 11.1 Å². The number of carbonyl (C=O) groups excluding carboxylic acids is 1. The fourth-order valence-corrected chi connectivity index (χ4v) is 2.58. The Kier molecular flexibility index (Phi) is 4.32. The smallest absolute Gasteiger partial charge is 0.318 e. The van der Waals surface area contributed by atoms with E-state index in [0.717, 1.165) is 24.3 Å². The van der Waals surface area contributed by atoms with Crippen LogP contribution in [-0.4, -0.2) is 30.3 Å². The van der Waals surface area contributed by atoms with Crippen LogP contribution >= 0.6 is 0 Å². The van der Waals surface area contributed by atoms with Crippen LogP contribution < -0.4 is 10.0 Å². The first kappa shape index (κ1) is 16.8. The lowest BCUT2D eigenvalue weighted by Crippen LogP contribution is -2.29. The van der Waals surface area contributed by atoms with Gasteiger partial charge < -0.3 is 5.32 Å². The molecule has 0 unspecified atom stereocenters. The Morgan fingerprint density at radius 3 is 2.26 bits per heavy atom. The van der Waals surface area contributed by atoms with Crippen molar-refractivity contribution in [3.8, 4) is 0 Å². The Balaban J connectivity index is 2.14. The highest BCUT2D eigenvalue weighted by molar-refractivity contribution is 7.92. The average Bonchev–Trinajstić information content (AvgIpc) is 2.83. The first-order chi connectivity index (χ1) is 10.6. The Morgan fingerprint density at radius 1 is 1.17 bits per heavy atom. The minimum absolute atomic E-state index is 0.0990. The van der Waals surface area contributed by atoms with Gasteiger partial charge in [-0.3, -0.25) is 14.2 Å². The van der Waals surface area contributed by atoms with Gasteiger partial charge in [0, 0.05) is 25.0 Å². The van der Waals surface area contributed by atoms with Gasteiger partial charge in [-0.1, -0.05) is 0 Å². The van der Waals surface area contributed by atoms with E-state index in [-0.39, 0.29) is 16.4 Å². The molecule has 2 aromatic rings. The van der Waals surface area contributed by atoms with Crippen molar-refractivity contribution in [1.29, 1.82) is 0 Å². The van der Waals surface area contributed by atoms with E-state index in [2.05, 4.69) is 9.82 Å². The molecule has 0 spiro atoms. The van der Waals surface area contributed by atoms with Crippen LogP contribution in [0.2, 0.25) is 0 Å². The molecule has 7 nitrogen and oxygen atoms in total. The van der Waals surface area contributed by atoms with Crippen molar-refractivity contribution < 1.29 is 26.4 Å². The summed E-state index contributed by atoms with van der Waals surface area (Å²) in [6, 6.07) is 5.68. The molecule has 2 N–H and O–H groups in total. The number of hydrogen-bond donors (Lipinski definition) is 2. The molecular weight excluding hydrogens is 337 g/mol. The summed E-state index contributed by atoms with van der Waals surface area (Å²) < 4.78 is 64.1. The molecule has 2 rings (SSSR count). The maximum Gasteiger partial charge on any atom is 0.471 e. The summed E-state index contributed by atoms with van der Waals surface area (Å²) in [5.41, 5.74) is -0.177. The van der Waals surface area contributed by atoms with Gasteiger partial charge in [-0.05, 0) is 24.3 Å². The van der Waals surface area contributed by atoms with Crippen LogP contribution in [0.4, 0.5) is 24.7 Å². The van der Waals surface area contributed by atoms with Gasteiger partial charge in [0.1, 0.15) is 0 Å². The molecule has 0 aliphatic rings. The maximum atomic E-state index is 12.1. The van der Waals surface area contributed by atoms with Crippen LogP contribution in [0.25, 0.3) is 0 Å². The molecule has 0 fully saturated rings. The molecule has 1 aromatic heterocycles. The summed E-state index contributed by atoms with van der Waals surface area (Å²) in [6.07, 6.45) is -3.49. The predicted octanol–water partition coefficient (Wildman–Crippen LogP) is 1.72. The molecule has 11 heteroatoms. The zero-order valence-corrected chi connectivity index (χ0v) is 12.4. The quantitative estimate of drug-likeness (QED) is 0.880. The summed E-state index contributed by atoms with van der Waals surface area (Å²) in [5.74, 6) is -2.04. The molecule has 124 valence electrons. The fraction of sp³-hybridized carbons (Fsp3) is 0.167. The van der Waals surface area contributed by atoms with Gasteiger partial charge in [0.2, 0.25) is 0 Å². The second kappa shape index (κ2) is 5.91. The summed E-state index contributed by atoms with van der Waals surface area (Å²) in [5, 5.41) is 5.47. The highest BCUT2D eigenvalue weighted by atomic mass is 32.2. The predicted molar refractivity (Wildman–Crippen MR) is 75.1 cm³/mol. The third kappa shape index (κ3) is 4.22. The number of nitrogens with one attached hydrogen (secondary N) is 2. The molecule has 1 heterocycles. The third-order valence-corrected chi connectivity index (χ3v) is 4.00. The molecule has 0 saturated carbocycles. The van der Waals surface area contributed by atoms with Gasteiger partial charge in [-0.2, -0.15) is 18.3 Å². The number of sulfonamides is 1. The van der Waals surface area contributed by atoms with E-state index in [1.807, 2.05) is 0 Å². The zero-order chi connectivity index (χ0) is 17.3. The number of rotatable bonds is 4. The number of halogens is 3. The van der Waals surface area contributed by atoms with Gasteiger partial charge in [0.05, 0.1) is 4.90 Å². The zero-order valence-electron chi connectivity index (χ0n) is 11.6. The molecule has 1 amide bonds. The molecule has 1 aromatic carbocycles. The van der Waals surface area contributed by atoms with E-state index in [1.165, 1.54) is 16.9 Å². The highest BCUT2D eigenvalue weighted by Crippen LogP contribution is 2.20.